The van der Waals surface area contributed by atoms with Crippen LogP contribution in [0.25, 0.3) is 0 Å². The minimum Gasteiger partial charge on any atom is -0.396 e. The van der Waals surface area contributed by atoms with E-state index in [9.17, 15) is 19.0 Å². The van der Waals surface area contributed by atoms with Crippen LogP contribution in [0.15, 0.2) is 18.2 Å². The second-order valence-electron chi connectivity index (χ2n) is 5.33. The fourth-order valence-corrected chi connectivity index (χ4v) is 2.31. The molecule has 1 aromatic carbocycles. The molecule has 0 heterocycles. The summed E-state index contributed by atoms with van der Waals surface area (Å²) in [5.41, 5.74) is -0.609. The standard InChI is InChI=1S/C14H20F2O2/c1-10(2)6-14(8-17,9-18)7-11-5-12(15)3-4-13(11)16/h3-5,10,17-18H,6-9H2,1-2H3. The minimum atomic E-state index is -0.803. The van der Waals surface area contributed by atoms with E-state index in [1.165, 1.54) is 0 Å². The van der Waals surface area contributed by atoms with Crippen LogP contribution in [0.3, 0.4) is 0 Å². The van der Waals surface area contributed by atoms with Crippen molar-refractivity contribution in [1.82, 2.24) is 0 Å². The van der Waals surface area contributed by atoms with Crippen LogP contribution in [0, 0.1) is 23.0 Å². The van der Waals surface area contributed by atoms with E-state index < -0.39 is 17.0 Å². The summed E-state index contributed by atoms with van der Waals surface area (Å²) in [6, 6.07) is 3.25. The third-order valence-electron chi connectivity index (χ3n) is 3.09. The second-order valence-corrected chi connectivity index (χ2v) is 5.33. The zero-order valence-corrected chi connectivity index (χ0v) is 10.8. The Bertz CT molecular complexity index is 387. The summed E-state index contributed by atoms with van der Waals surface area (Å²) in [5, 5.41) is 18.9. The van der Waals surface area contributed by atoms with Crippen LogP contribution in [0.4, 0.5) is 8.78 Å². The van der Waals surface area contributed by atoms with Crippen LogP contribution in [-0.4, -0.2) is 23.4 Å². The maximum absolute atomic E-state index is 13.6. The molecule has 0 bridgehead atoms. The summed E-state index contributed by atoms with van der Waals surface area (Å²) in [6.07, 6.45) is 0.678. The first-order chi connectivity index (χ1) is 8.42. The van der Waals surface area contributed by atoms with Gasteiger partial charge in [0, 0.05) is 5.41 Å². The first-order valence-corrected chi connectivity index (χ1v) is 6.08. The van der Waals surface area contributed by atoms with Crippen molar-refractivity contribution < 1.29 is 19.0 Å². The Kier molecular flexibility index (Phi) is 5.23. The van der Waals surface area contributed by atoms with Crippen molar-refractivity contribution in [2.75, 3.05) is 13.2 Å². The van der Waals surface area contributed by atoms with E-state index >= 15 is 0 Å². The lowest BCUT2D eigenvalue weighted by Gasteiger charge is -2.31. The minimum absolute atomic E-state index is 0.127. The van der Waals surface area contributed by atoms with E-state index in [2.05, 4.69) is 0 Å². The zero-order chi connectivity index (χ0) is 13.8. The number of aliphatic hydroxyl groups excluding tert-OH is 2. The number of hydrogen-bond acceptors (Lipinski definition) is 2. The summed E-state index contributed by atoms with van der Waals surface area (Å²) >= 11 is 0. The Morgan fingerprint density at radius 3 is 2.28 bits per heavy atom. The fraction of sp³-hybridized carbons (Fsp3) is 0.571. The third kappa shape index (κ3) is 3.75. The monoisotopic (exact) mass is 258 g/mol. The Hall–Kier alpha value is -1.00. The molecule has 0 spiro atoms. The molecule has 0 aliphatic carbocycles. The molecule has 0 amide bonds. The molecule has 0 atom stereocenters. The molecule has 0 aliphatic rings. The average molecular weight is 258 g/mol. The zero-order valence-electron chi connectivity index (χ0n) is 10.8. The summed E-state index contributed by atoms with van der Waals surface area (Å²) in [7, 11) is 0. The molecular weight excluding hydrogens is 238 g/mol. The summed E-state index contributed by atoms with van der Waals surface area (Å²) < 4.78 is 26.7. The fourth-order valence-electron chi connectivity index (χ4n) is 2.31. The lowest BCUT2D eigenvalue weighted by molar-refractivity contribution is 0.0363. The van der Waals surface area contributed by atoms with Crippen molar-refractivity contribution >= 4 is 0 Å². The molecule has 0 fully saturated rings. The molecule has 18 heavy (non-hydrogen) atoms. The van der Waals surface area contributed by atoms with Gasteiger partial charge in [-0.3, -0.25) is 0 Å². The van der Waals surface area contributed by atoms with Gasteiger partial charge < -0.3 is 10.2 Å². The third-order valence-corrected chi connectivity index (χ3v) is 3.09. The van der Waals surface area contributed by atoms with Gasteiger partial charge in [0.1, 0.15) is 11.6 Å². The Morgan fingerprint density at radius 2 is 1.78 bits per heavy atom. The first kappa shape index (κ1) is 15.1. The summed E-state index contributed by atoms with van der Waals surface area (Å²) in [6.45, 7) is 3.42. The summed E-state index contributed by atoms with van der Waals surface area (Å²) in [4.78, 5) is 0. The van der Waals surface area contributed by atoms with Crippen LogP contribution in [0.2, 0.25) is 0 Å². The molecule has 0 saturated carbocycles. The average Bonchev–Trinajstić information content (AvgIpc) is 2.32. The number of aliphatic hydroxyl groups is 2. The number of benzene rings is 1. The predicted octanol–water partition coefficient (Wildman–Crippen LogP) is 2.52. The normalized spacial score (nSPS) is 12.2. The molecule has 2 nitrogen and oxygen atoms in total. The van der Waals surface area contributed by atoms with E-state index in [0.717, 1.165) is 18.2 Å². The highest BCUT2D eigenvalue weighted by molar-refractivity contribution is 5.20. The van der Waals surface area contributed by atoms with Crippen molar-refractivity contribution in [1.29, 1.82) is 0 Å². The lowest BCUT2D eigenvalue weighted by atomic mass is 9.76. The SMILES string of the molecule is CC(C)CC(CO)(CO)Cc1cc(F)ccc1F. The number of rotatable bonds is 6. The maximum atomic E-state index is 13.6. The van der Waals surface area contributed by atoms with Gasteiger partial charge in [-0.1, -0.05) is 13.8 Å². The van der Waals surface area contributed by atoms with Crippen LogP contribution in [0.5, 0.6) is 0 Å². The smallest absolute Gasteiger partial charge is 0.126 e. The van der Waals surface area contributed by atoms with Crippen LogP contribution >= 0.6 is 0 Å². The lowest BCUT2D eigenvalue weighted by Crippen LogP contribution is -2.34. The second kappa shape index (κ2) is 6.25. The van der Waals surface area contributed by atoms with Crippen molar-refractivity contribution in [3.05, 3.63) is 35.4 Å². The maximum Gasteiger partial charge on any atom is 0.126 e. The number of halogens is 2. The van der Waals surface area contributed by atoms with Crippen LogP contribution in [0.1, 0.15) is 25.8 Å². The van der Waals surface area contributed by atoms with Gasteiger partial charge in [0.15, 0.2) is 0 Å². The van der Waals surface area contributed by atoms with Gasteiger partial charge in [0.05, 0.1) is 13.2 Å². The molecule has 0 unspecified atom stereocenters. The molecule has 2 N–H and O–H groups in total. The molecule has 0 radical (unpaired) electrons. The first-order valence-electron chi connectivity index (χ1n) is 6.08. The van der Waals surface area contributed by atoms with E-state index in [-0.39, 0.29) is 31.1 Å². The molecule has 102 valence electrons. The largest absolute Gasteiger partial charge is 0.396 e. The molecular formula is C14H20F2O2. The highest BCUT2D eigenvalue weighted by Crippen LogP contribution is 2.31. The Morgan fingerprint density at radius 1 is 1.17 bits per heavy atom. The molecule has 1 rings (SSSR count). The van der Waals surface area contributed by atoms with Crippen molar-refractivity contribution in [3.8, 4) is 0 Å². The van der Waals surface area contributed by atoms with Gasteiger partial charge in [0.25, 0.3) is 0 Å². The molecule has 4 heteroatoms. The van der Waals surface area contributed by atoms with E-state index in [1.54, 1.807) is 0 Å². The van der Waals surface area contributed by atoms with Gasteiger partial charge >= 0.3 is 0 Å². The van der Waals surface area contributed by atoms with E-state index in [4.69, 9.17) is 0 Å². The topological polar surface area (TPSA) is 40.5 Å². The molecule has 0 saturated heterocycles. The van der Waals surface area contributed by atoms with Gasteiger partial charge in [-0.2, -0.15) is 0 Å². The molecule has 0 aliphatic heterocycles. The summed E-state index contributed by atoms with van der Waals surface area (Å²) in [5.74, 6) is -0.770. The Labute approximate surface area is 106 Å². The van der Waals surface area contributed by atoms with Crippen molar-refractivity contribution in [2.45, 2.75) is 26.7 Å². The highest BCUT2D eigenvalue weighted by atomic mass is 19.1. The van der Waals surface area contributed by atoms with Crippen LogP contribution < -0.4 is 0 Å². The van der Waals surface area contributed by atoms with Crippen molar-refractivity contribution in [3.63, 3.8) is 0 Å². The van der Waals surface area contributed by atoms with Gasteiger partial charge in [-0.25, -0.2) is 8.78 Å². The highest BCUT2D eigenvalue weighted by Gasteiger charge is 2.31. The molecule has 0 aromatic heterocycles. The van der Waals surface area contributed by atoms with Gasteiger partial charge in [-0.15, -0.1) is 0 Å². The predicted molar refractivity (Wildman–Crippen MR) is 66.1 cm³/mol. The Balaban J connectivity index is 2.98. The van der Waals surface area contributed by atoms with Crippen molar-refractivity contribution in [2.24, 2.45) is 11.3 Å². The number of hydrogen-bond donors (Lipinski definition) is 2. The van der Waals surface area contributed by atoms with Gasteiger partial charge in [0.2, 0.25) is 0 Å². The molecule has 1 aromatic rings. The van der Waals surface area contributed by atoms with E-state index in [1.807, 2.05) is 13.8 Å². The van der Waals surface area contributed by atoms with Gasteiger partial charge in [-0.05, 0) is 42.5 Å². The van der Waals surface area contributed by atoms with E-state index in [0.29, 0.717) is 6.42 Å². The quantitative estimate of drug-likeness (QED) is 0.823. The van der Waals surface area contributed by atoms with Crippen LogP contribution in [-0.2, 0) is 6.42 Å².